The van der Waals surface area contributed by atoms with E-state index in [4.69, 9.17) is 5.14 Å². The molecule has 5 nitrogen and oxygen atoms in total. The number of primary sulfonamides is 1. The zero-order valence-electron chi connectivity index (χ0n) is 6.53. The van der Waals surface area contributed by atoms with Crippen LogP contribution in [0.2, 0.25) is 0 Å². The minimum atomic E-state index is -3.43. The predicted octanol–water partition coefficient (Wildman–Crippen LogP) is -1.25. The second-order valence-corrected chi connectivity index (χ2v) is 4.72. The molecule has 0 saturated carbocycles. The van der Waals surface area contributed by atoms with Crippen LogP contribution < -0.4 is 10.5 Å². The van der Waals surface area contributed by atoms with Gasteiger partial charge < -0.3 is 10.2 Å². The molecule has 3 N–H and O–H groups in total. The van der Waals surface area contributed by atoms with E-state index in [1.165, 1.54) is 0 Å². The van der Waals surface area contributed by atoms with E-state index >= 15 is 0 Å². The Hall–Kier alpha value is -0.750. The van der Waals surface area contributed by atoms with Crippen LogP contribution >= 0.6 is 0 Å². The summed E-state index contributed by atoms with van der Waals surface area (Å²) in [5.41, 5.74) is 0. The summed E-state index contributed by atoms with van der Waals surface area (Å²) in [5, 5.41) is 7.50. The lowest BCUT2D eigenvalue weighted by molar-refractivity contribution is 0.387. The molecule has 0 amide bonds. The Kier molecular flexibility index (Phi) is 1.55. The molecule has 0 aromatic carbocycles. The summed E-state index contributed by atoms with van der Waals surface area (Å²) in [6.45, 7) is 1.16. The summed E-state index contributed by atoms with van der Waals surface area (Å²) in [6.07, 6.45) is 2.89. The molecule has 1 atom stereocenters. The average Bonchev–Trinajstić information content (AvgIpc) is 2.37. The molecule has 6 heteroatoms. The topological polar surface area (TPSA) is 75.4 Å². The molecule has 0 bridgehead atoms. The Morgan fingerprint density at radius 2 is 2.42 bits per heavy atom. The van der Waals surface area contributed by atoms with Gasteiger partial charge in [-0.1, -0.05) is 0 Å². The zero-order chi connectivity index (χ0) is 8.77. The number of hydrogen-bond donors (Lipinski definition) is 2. The van der Waals surface area contributed by atoms with Crippen LogP contribution in [0.5, 0.6) is 0 Å². The minimum Gasteiger partial charge on any atom is -0.369 e. The molecule has 0 spiro atoms. The van der Waals surface area contributed by atoms with Gasteiger partial charge in [-0.2, -0.15) is 0 Å². The van der Waals surface area contributed by atoms with Crippen LogP contribution in [0, 0.1) is 0 Å². The highest BCUT2D eigenvalue weighted by atomic mass is 32.2. The normalized spacial score (nSPS) is 28.2. The standard InChI is InChI=1S/C6H11N3O2S/c7-12(10,11)6-4-8-5-2-1-3-9(5)6/h2,6,8H,1,3-4H2,(H2,7,10,11). The molecule has 1 fully saturated rings. The van der Waals surface area contributed by atoms with Crippen molar-refractivity contribution in [3.8, 4) is 0 Å². The molecular formula is C6H11N3O2S. The summed E-state index contributed by atoms with van der Waals surface area (Å²) in [6, 6.07) is 0. The number of hydrogen-bond acceptors (Lipinski definition) is 4. The summed E-state index contributed by atoms with van der Waals surface area (Å²) < 4.78 is 22.1. The SMILES string of the molecule is NS(=O)(=O)C1CNC2=CCCN21. The van der Waals surface area contributed by atoms with E-state index in [2.05, 4.69) is 5.32 Å². The Labute approximate surface area is 71.3 Å². The van der Waals surface area contributed by atoms with Gasteiger partial charge in [0.2, 0.25) is 10.0 Å². The van der Waals surface area contributed by atoms with E-state index in [-0.39, 0.29) is 0 Å². The lowest BCUT2D eigenvalue weighted by Crippen LogP contribution is -2.40. The van der Waals surface area contributed by atoms with Crippen molar-refractivity contribution < 1.29 is 8.42 Å². The zero-order valence-corrected chi connectivity index (χ0v) is 7.34. The summed E-state index contributed by atoms with van der Waals surface area (Å²) in [7, 11) is -3.43. The lowest BCUT2D eigenvalue weighted by atomic mass is 10.4. The van der Waals surface area contributed by atoms with Crippen LogP contribution in [0.4, 0.5) is 0 Å². The maximum Gasteiger partial charge on any atom is 0.232 e. The van der Waals surface area contributed by atoms with E-state index in [9.17, 15) is 8.42 Å². The molecule has 0 radical (unpaired) electrons. The van der Waals surface area contributed by atoms with Crippen LogP contribution in [0.3, 0.4) is 0 Å². The highest BCUT2D eigenvalue weighted by Gasteiger charge is 2.37. The lowest BCUT2D eigenvalue weighted by Gasteiger charge is -2.19. The predicted molar refractivity (Wildman–Crippen MR) is 44.3 cm³/mol. The largest absolute Gasteiger partial charge is 0.369 e. The molecule has 0 aliphatic carbocycles. The smallest absolute Gasteiger partial charge is 0.232 e. The number of sulfonamides is 1. The van der Waals surface area contributed by atoms with Gasteiger partial charge in [0, 0.05) is 6.54 Å². The van der Waals surface area contributed by atoms with E-state index in [1.807, 2.05) is 6.08 Å². The van der Waals surface area contributed by atoms with Gasteiger partial charge in [-0.3, -0.25) is 0 Å². The number of nitrogens with zero attached hydrogens (tertiary/aromatic N) is 1. The quantitative estimate of drug-likeness (QED) is 0.540. The van der Waals surface area contributed by atoms with Gasteiger partial charge in [0.1, 0.15) is 0 Å². The Balaban J connectivity index is 2.28. The Morgan fingerprint density at radius 3 is 3.08 bits per heavy atom. The van der Waals surface area contributed by atoms with Crippen molar-refractivity contribution in [2.75, 3.05) is 13.1 Å². The van der Waals surface area contributed by atoms with E-state index in [0.29, 0.717) is 6.54 Å². The van der Waals surface area contributed by atoms with Crippen LogP contribution in [0.1, 0.15) is 6.42 Å². The first-order chi connectivity index (χ1) is 5.59. The second-order valence-electron chi connectivity index (χ2n) is 3.00. The molecule has 2 rings (SSSR count). The number of nitrogens with one attached hydrogen (secondary N) is 1. The van der Waals surface area contributed by atoms with E-state index in [0.717, 1.165) is 18.8 Å². The van der Waals surface area contributed by atoms with E-state index in [1.54, 1.807) is 4.90 Å². The number of nitrogens with two attached hydrogens (primary N) is 1. The van der Waals surface area contributed by atoms with Gasteiger partial charge >= 0.3 is 0 Å². The maximum absolute atomic E-state index is 11.0. The fourth-order valence-corrected chi connectivity index (χ4v) is 2.54. The molecule has 2 aliphatic rings. The molecule has 2 aliphatic heterocycles. The second kappa shape index (κ2) is 2.37. The average molecular weight is 189 g/mol. The van der Waals surface area contributed by atoms with Gasteiger partial charge in [0.15, 0.2) is 5.37 Å². The van der Waals surface area contributed by atoms with E-state index < -0.39 is 15.4 Å². The Bertz CT molecular complexity index is 322. The maximum atomic E-state index is 11.0. The van der Waals surface area contributed by atoms with Crippen LogP contribution in [-0.2, 0) is 10.0 Å². The summed E-state index contributed by atoms with van der Waals surface area (Å²) in [4.78, 5) is 1.80. The van der Waals surface area contributed by atoms with Gasteiger partial charge in [0.25, 0.3) is 0 Å². The third kappa shape index (κ3) is 1.07. The highest BCUT2D eigenvalue weighted by molar-refractivity contribution is 7.89. The van der Waals surface area contributed by atoms with Gasteiger partial charge in [-0.25, -0.2) is 13.6 Å². The third-order valence-electron chi connectivity index (χ3n) is 2.20. The van der Waals surface area contributed by atoms with Crippen molar-refractivity contribution >= 4 is 10.0 Å². The first-order valence-corrected chi connectivity index (χ1v) is 5.42. The minimum absolute atomic E-state index is 0.407. The molecule has 68 valence electrons. The van der Waals surface area contributed by atoms with Crippen molar-refractivity contribution in [1.29, 1.82) is 0 Å². The molecule has 1 unspecified atom stereocenters. The molecule has 2 heterocycles. The van der Waals surface area contributed by atoms with Crippen LogP contribution in [-0.4, -0.2) is 31.8 Å². The fourth-order valence-electron chi connectivity index (χ4n) is 1.65. The van der Waals surface area contributed by atoms with Crippen molar-refractivity contribution in [2.45, 2.75) is 11.8 Å². The molecule has 1 saturated heterocycles. The molecule has 0 aromatic heterocycles. The summed E-state index contributed by atoms with van der Waals surface area (Å²) >= 11 is 0. The first-order valence-electron chi connectivity index (χ1n) is 3.81. The molecular weight excluding hydrogens is 178 g/mol. The Morgan fingerprint density at radius 1 is 1.67 bits per heavy atom. The van der Waals surface area contributed by atoms with Crippen molar-refractivity contribution in [3.63, 3.8) is 0 Å². The molecule has 0 aromatic rings. The van der Waals surface area contributed by atoms with Crippen molar-refractivity contribution in [2.24, 2.45) is 5.14 Å². The fraction of sp³-hybridized carbons (Fsp3) is 0.667. The summed E-state index contributed by atoms with van der Waals surface area (Å²) in [5.74, 6) is 0.911. The van der Waals surface area contributed by atoms with Crippen LogP contribution in [0.25, 0.3) is 0 Å². The van der Waals surface area contributed by atoms with Crippen molar-refractivity contribution in [3.05, 3.63) is 11.9 Å². The molecule has 12 heavy (non-hydrogen) atoms. The van der Waals surface area contributed by atoms with Gasteiger partial charge in [0.05, 0.1) is 12.4 Å². The van der Waals surface area contributed by atoms with Crippen molar-refractivity contribution in [1.82, 2.24) is 10.2 Å². The van der Waals surface area contributed by atoms with Gasteiger partial charge in [-0.15, -0.1) is 0 Å². The monoisotopic (exact) mass is 189 g/mol. The first kappa shape index (κ1) is 7.88. The third-order valence-corrected chi connectivity index (χ3v) is 3.38. The van der Waals surface area contributed by atoms with Crippen LogP contribution in [0.15, 0.2) is 11.9 Å². The van der Waals surface area contributed by atoms with Gasteiger partial charge in [-0.05, 0) is 12.5 Å². The number of rotatable bonds is 1. The highest BCUT2D eigenvalue weighted by Crippen LogP contribution is 2.22. The number of fused-ring (bicyclic) bond motifs is 1.